The van der Waals surface area contributed by atoms with Crippen molar-refractivity contribution < 1.29 is 24.2 Å². The summed E-state index contributed by atoms with van der Waals surface area (Å²) in [7, 11) is 0. The van der Waals surface area contributed by atoms with E-state index in [9.17, 15) is 14.7 Å². The lowest BCUT2D eigenvalue weighted by atomic mass is 10.0. The number of aliphatic hydroxyl groups is 1. The minimum absolute atomic E-state index is 0.0425. The number of unbranched alkanes of at least 4 members (excludes halogenated alkanes) is 11. The number of allylic oxidation sites excluding steroid dienone is 2. The van der Waals surface area contributed by atoms with Crippen molar-refractivity contribution in [2.45, 2.75) is 115 Å². The third kappa shape index (κ3) is 12.7. The van der Waals surface area contributed by atoms with E-state index in [2.05, 4.69) is 19.1 Å². The average Bonchev–Trinajstić information content (AvgIpc) is 3.11. The highest BCUT2D eigenvalue weighted by Crippen LogP contribution is 2.26. The quantitative estimate of drug-likeness (QED) is 0.180. The molecule has 0 spiro atoms. The van der Waals surface area contributed by atoms with Crippen LogP contribution >= 0.6 is 0 Å². The lowest BCUT2D eigenvalue weighted by Gasteiger charge is -2.24. The summed E-state index contributed by atoms with van der Waals surface area (Å²) in [5, 5.41) is 9.39. The first-order valence-electron chi connectivity index (χ1n) is 11.8. The average molecular weight is 411 g/mol. The summed E-state index contributed by atoms with van der Waals surface area (Å²) < 4.78 is 10.3. The second kappa shape index (κ2) is 16.4. The SMILES string of the molecule is CCCCCCCCC=CCCCCCCCC(=O)OCC1(CO)CCC(=O)O1. The van der Waals surface area contributed by atoms with Gasteiger partial charge < -0.3 is 14.6 Å². The van der Waals surface area contributed by atoms with Crippen LogP contribution in [0.1, 0.15) is 110 Å². The van der Waals surface area contributed by atoms with Crippen LogP contribution in [0.3, 0.4) is 0 Å². The molecule has 1 rings (SSSR count). The summed E-state index contributed by atoms with van der Waals surface area (Å²) in [4.78, 5) is 23.0. The van der Waals surface area contributed by atoms with Gasteiger partial charge in [0, 0.05) is 19.3 Å². The molecule has 29 heavy (non-hydrogen) atoms. The molecule has 1 fully saturated rings. The van der Waals surface area contributed by atoms with Crippen molar-refractivity contribution in [3.05, 3.63) is 12.2 Å². The van der Waals surface area contributed by atoms with Gasteiger partial charge in [-0.15, -0.1) is 0 Å². The van der Waals surface area contributed by atoms with Gasteiger partial charge in [-0.1, -0.05) is 70.4 Å². The molecule has 1 heterocycles. The predicted octanol–water partition coefficient (Wildman–Crippen LogP) is 5.64. The Bertz CT molecular complexity index is 474. The summed E-state index contributed by atoms with van der Waals surface area (Å²) in [5.41, 5.74) is -1.02. The second-order valence-corrected chi connectivity index (χ2v) is 8.31. The highest BCUT2D eigenvalue weighted by Gasteiger charge is 2.41. The first kappa shape index (κ1) is 25.7. The summed E-state index contributed by atoms with van der Waals surface area (Å²) in [6, 6.07) is 0. The van der Waals surface area contributed by atoms with Crippen LogP contribution in [0.5, 0.6) is 0 Å². The fourth-order valence-electron chi connectivity index (χ4n) is 3.56. The van der Waals surface area contributed by atoms with Gasteiger partial charge in [0.2, 0.25) is 0 Å². The van der Waals surface area contributed by atoms with Crippen LogP contribution in [0.25, 0.3) is 0 Å². The van der Waals surface area contributed by atoms with E-state index in [4.69, 9.17) is 9.47 Å². The lowest BCUT2D eigenvalue weighted by Crippen LogP contribution is -2.39. The molecule has 0 aliphatic carbocycles. The maximum Gasteiger partial charge on any atom is 0.306 e. The second-order valence-electron chi connectivity index (χ2n) is 8.31. The molecule has 1 atom stereocenters. The van der Waals surface area contributed by atoms with Crippen molar-refractivity contribution in [3.8, 4) is 0 Å². The van der Waals surface area contributed by atoms with Crippen molar-refractivity contribution in [2.24, 2.45) is 0 Å². The smallest absolute Gasteiger partial charge is 0.306 e. The molecule has 0 aromatic carbocycles. The molecule has 0 radical (unpaired) electrons. The van der Waals surface area contributed by atoms with Crippen molar-refractivity contribution in [1.29, 1.82) is 0 Å². The minimum Gasteiger partial charge on any atom is -0.461 e. The highest BCUT2D eigenvalue weighted by atomic mass is 16.6. The Labute approximate surface area is 177 Å². The molecule has 0 aromatic rings. The maximum atomic E-state index is 11.8. The van der Waals surface area contributed by atoms with E-state index in [0.29, 0.717) is 12.8 Å². The molecule has 5 heteroatoms. The Balaban J connectivity index is 1.88. The van der Waals surface area contributed by atoms with Crippen molar-refractivity contribution >= 4 is 11.9 Å². The zero-order valence-corrected chi connectivity index (χ0v) is 18.5. The molecular formula is C24H42O5. The summed E-state index contributed by atoms with van der Waals surface area (Å²) in [6.45, 7) is 1.90. The van der Waals surface area contributed by atoms with E-state index >= 15 is 0 Å². The number of rotatable bonds is 18. The molecule has 1 aliphatic rings. The van der Waals surface area contributed by atoms with Gasteiger partial charge in [-0.3, -0.25) is 9.59 Å². The van der Waals surface area contributed by atoms with Crippen molar-refractivity contribution in [3.63, 3.8) is 0 Å². The Morgan fingerprint density at radius 1 is 1.00 bits per heavy atom. The number of carbonyl (C=O) groups is 2. The largest absolute Gasteiger partial charge is 0.461 e. The van der Waals surface area contributed by atoms with Gasteiger partial charge in [-0.25, -0.2) is 0 Å². The Kier molecular flexibility index (Phi) is 14.6. The predicted molar refractivity (Wildman–Crippen MR) is 116 cm³/mol. The standard InChI is InChI=1S/C24H42O5/c1-2-3-4-5-6-7-8-9-10-11-12-13-14-15-16-17-22(26)28-21-24(20-25)19-18-23(27)29-24/h9-10,25H,2-8,11-21H2,1H3. The normalized spacial score (nSPS) is 19.0. The molecule has 1 unspecified atom stereocenters. The highest BCUT2D eigenvalue weighted by molar-refractivity contribution is 5.72. The summed E-state index contributed by atoms with van der Waals surface area (Å²) in [5.74, 6) is -0.620. The minimum atomic E-state index is -1.02. The summed E-state index contributed by atoms with van der Waals surface area (Å²) >= 11 is 0. The number of hydrogen-bond acceptors (Lipinski definition) is 5. The first-order valence-corrected chi connectivity index (χ1v) is 11.8. The zero-order chi connectivity index (χ0) is 21.2. The fraction of sp³-hybridized carbons (Fsp3) is 0.833. The topological polar surface area (TPSA) is 72.8 Å². The van der Waals surface area contributed by atoms with Gasteiger partial charge in [0.1, 0.15) is 6.61 Å². The van der Waals surface area contributed by atoms with E-state index in [1.165, 1.54) is 57.8 Å². The number of ether oxygens (including phenoxy) is 2. The molecule has 168 valence electrons. The Morgan fingerprint density at radius 2 is 1.59 bits per heavy atom. The molecule has 0 bridgehead atoms. The van der Waals surface area contributed by atoms with Gasteiger partial charge in [0.15, 0.2) is 5.60 Å². The number of carbonyl (C=O) groups excluding carboxylic acids is 2. The molecule has 1 saturated heterocycles. The number of cyclic esters (lactones) is 1. The van der Waals surface area contributed by atoms with Gasteiger partial charge >= 0.3 is 11.9 Å². The molecule has 1 aliphatic heterocycles. The van der Waals surface area contributed by atoms with Crippen LogP contribution in [0.2, 0.25) is 0 Å². The fourth-order valence-corrected chi connectivity index (χ4v) is 3.56. The number of hydrogen-bond donors (Lipinski definition) is 1. The molecular weight excluding hydrogens is 368 g/mol. The molecule has 0 saturated carbocycles. The van der Waals surface area contributed by atoms with E-state index in [1.807, 2.05) is 0 Å². The third-order valence-corrected chi connectivity index (χ3v) is 5.54. The first-order chi connectivity index (χ1) is 14.1. The molecule has 0 aromatic heterocycles. The maximum absolute atomic E-state index is 11.8. The third-order valence-electron chi connectivity index (χ3n) is 5.54. The van der Waals surface area contributed by atoms with Gasteiger partial charge in [-0.2, -0.15) is 0 Å². The lowest BCUT2D eigenvalue weighted by molar-refractivity contribution is -0.166. The molecule has 0 amide bonds. The van der Waals surface area contributed by atoms with E-state index in [-0.39, 0.29) is 31.6 Å². The van der Waals surface area contributed by atoms with Crippen molar-refractivity contribution in [2.75, 3.05) is 13.2 Å². The van der Waals surface area contributed by atoms with Crippen LogP contribution in [-0.2, 0) is 19.1 Å². The monoisotopic (exact) mass is 410 g/mol. The Morgan fingerprint density at radius 3 is 2.14 bits per heavy atom. The Hall–Kier alpha value is -1.36. The number of esters is 2. The molecule has 5 nitrogen and oxygen atoms in total. The van der Waals surface area contributed by atoms with Gasteiger partial charge in [0.05, 0.1) is 6.61 Å². The van der Waals surface area contributed by atoms with Gasteiger partial charge in [0.25, 0.3) is 0 Å². The molecule has 1 N–H and O–H groups in total. The van der Waals surface area contributed by atoms with Crippen LogP contribution < -0.4 is 0 Å². The summed E-state index contributed by atoms with van der Waals surface area (Å²) in [6.07, 6.45) is 21.6. The zero-order valence-electron chi connectivity index (χ0n) is 18.5. The van der Waals surface area contributed by atoms with Crippen LogP contribution in [0, 0.1) is 0 Å². The van der Waals surface area contributed by atoms with Gasteiger partial charge in [-0.05, 0) is 32.1 Å². The van der Waals surface area contributed by atoms with Crippen LogP contribution in [0.4, 0.5) is 0 Å². The van der Waals surface area contributed by atoms with E-state index in [0.717, 1.165) is 25.7 Å². The van der Waals surface area contributed by atoms with Crippen LogP contribution in [-0.4, -0.2) is 35.9 Å². The van der Waals surface area contributed by atoms with Crippen molar-refractivity contribution in [1.82, 2.24) is 0 Å². The van der Waals surface area contributed by atoms with E-state index < -0.39 is 5.60 Å². The van der Waals surface area contributed by atoms with Crippen LogP contribution in [0.15, 0.2) is 12.2 Å². The van der Waals surface area contributed by atoms with E-state index in [1.54, 1.807) is 0 Å². The number of aliphatic hydroxyl groups excluding tert-OH is 1.